The second-order valence-electron chi connectivity index (χ2n) is 5.94. The predicted molar refractivity (Wildman–Crippen MR) is 102 cm³/mol. The minimum atomic E-state index is -0.707. The standard InChI is InChI=1S/C21H18FN3O2/c22-17-11-9-15(10-12-17)19(14-5-2-1-3-6-14)25-20(26)16-7-4-8-18(13-16)24-21(23)27/h1-13,19H,(H,25,26)(H3,23,24,27). The first-order chi connectivity index (χ1) is 13.0. The van der Waals surface area contributed by atoms with E-state index in [0.717, 1.165) is 11.1 Å². The molecule has 6 heteroatoms. The molecule has 0 heterocycles. The van der Waals surface area contributed by atoms with E-state index in [2.05, 4.69) is 10.6 Å². The first kappa shape index (κ1) is 18.1. The van der Waals surface area contributed by atoms with Crippen molar-refractivity contribution < 1.29 is 14.0 Å². The van der Waals surface area contributed by atoms with Gasteiger partial charge in [-0.25, -0.2) is 9.18 Å². The van der Waals surface area contributed by atoms with Crippen molar-refractivity contribution in [2.75, 3.05) is 5.32 Å². The smallest absolute Gasteiger partial charge is 0.316 e. The lowest BCUT2D eigenvalue weighted by Gasteiger charge is -2.20. The van der Waals surface area contributed by atoms with E-state index in [9.17, 15) is 14.0 Å². The number of primary amides is 1. The Morgan fingerprint density at radius 3 is 2.19 bits per heavy atom. The molecule has 0 spiro atoms. The van der Waals surface area contributed by atoms with E-state index in [1.54, 1.807) is 30.3 Å². The molecule has 0 saturated heterocycles. The Balaban J connectivity index is 1.89. The molecule has 5 nitrogen and oxygen atoms in total. The molecule has 3 rings (SSSR count). The molecular formula is C21H18FN3O2. The fourth-order valence-corrected chi connectivity index (χ4v) is 2.75. The minimum absolute atomic E-state index is 0.332. The van der Waals surface area contributed by atoms with Gasteiger partial charge in [0.1, 0.15) is 5.82 Å². The molecule has 0 aliphatic carbocycles. The lowest BCUT2D eigenvalue weighted by molar-refractivity contribution is 0.0943. The van der Waals surface area contributed by atoms with Crippen molar-refractivity contribution in [2.24, 2.45) is 5.73 Å². The molecule has 0 bridgehead atoms. The van der Waals surface area contributed by atoms with Crippen LogP contribution in [0.3, 0.4) is 0 Å². The van der Waals surface area contributed by atoms with Crippen LogP contribution < -0.4 is 16.4 Å². The van der Waals surface area contributed by atoms with Crippen molar-refractivity contribution >= 4 is 17.6 Å². The van der Waals surface area contributed by atoms with Gasteiger partial charge in [0.25, 0.3) is 5.91 Å². The summed E-state index contributed by atoms with van der Waals surface area (Å²) in [5.41, 5.74) is 7.52. The maximum Gasteiger partial charge on any atom is 0.316 e. The number of urea groups is 1. The number of benzene rings is 3. The minimum Gasteiger partial charge on any atom is -0.351 e. The van der Waals surface area contributed by atoms with Crippen LogP contribution in [0.2, 0.25) is 0 Å². The van der Waals surface area contributed by atoms with Gasteiger partial charge < -0.3 is 16.4 Å². The number of carbonyl (C=O) groups excluding carboxylic acids is 2. The molecule has 0 aliphatic rings. The fraction of sp³-hybridized carbons (Fsp3) is 0.0476. The molecule has 0 aromatic heterocycles. The molecule has 0 radical (unpaired) electrons. The molecule has 4 N–H and O–H groups in total. The molecule has 136 valence electrons. The van der Waals surface area contributed by atoms with Crippen LogP contribution in [0.4, 0.5) is 14.9 Å². The summed E-state index contributed by atoms with van der Waals surface area (Å²) in [7, 11) is 0. The number of amides is 3. The number of hydrogen-bond donors (Lipinski definition) is 3. The predicted octanol–water partition coefficient (Wildman–Crippen LogP) is 3.84. The molecular weight excluding hydrogens is 345 g/mol. The Morgan fingerprint density at radius 2 is 1.52 bits per heavy atom. The fourth-order valence-electron chi connectivity index (χ4n) is 2.75. The van der Waals surface area contributed by atoms with Gasteiger partial charge in [-0.15, -0.1) is 0 Å². The highest BCUT2D eigenvalue weighted by Gasteiger charge is 2.18. The largest absolute Gasteiger partial charge is 0.351 e. The lowest BCUT2D eigenvalue weighted by Crippen LogP contribution is -2.29. The molecule has 1 atom stereocenters. The first-order valence-corrected chi connectivity index (χ1v) is 8.31. The van der Waals surface area contributed by atoms with Gasteiger partial charge in [-0.3, -0.25) is 4.79 Å². The zero-order chi connectivity index (χ0) is 19.2. The third-order valence-corrected chi connectivity index (χ3v) is 4.00. The SMILES string of the molecule is NC(=O)Nc1cccc(C(=O)NC(c2ccccc2)c2ccc(F)cc2)c1. The van der Waals surface area contributed by atoms with E-state index in [4.69, 9.17) is 5.73 Å². The van der Waals surface area contributed by atoms with Gasteiger partial charge >= 0.3 is 6.03 Å². The molecule has 27 heavy (non-hydrogen) atoms. The summed E-state index contributed by atoms with van der Waals surface area (Å²) in [6, 6.07) is 20.7. The summed E-state index contributed by atoms with van der Waals surface area (Å²) in [6.45, 7) is 0. The Labute approximate surface area is 156 Å². The van der Waals surface area contributed by atoms with Gasteiger partial charge in [-0.05, 0) is 41.5 Å². The number of rotatable bonds is 5. The van der Waals surface area contributed by atoms with Crippen molar-refractivity contribution in [1.29, 1.82) is 0 Å². The van der Waals surface area contributed by atoms with Gasteiger partial charge in [0.05, 0.1) is 6.04 Å². The van der Waals surface area contributed by atoms with Gasteiger partial charge in [0.2, 0.25) is 0 Å². The van der Waals surface area contributed by atoms with Gasteiger partial charge in [-0.1, -0.05) is 48.5 Å². The third-order valence-electron chi connectivity index (χ3n) is 4.00. The molecule has 1 unspecified atom stereocenters. The molecule has 0 aliphatic heterocycles. The quantitative estimate of drug-likeness (QED) is 0.643. The Kier molecular flexibility index (Phi) is 5.47. The Morgan fingerprint density at radius 1 is 0.852 bits per heavy atom. The van der Waals surface area contributed by atoms with E-state index < -0.39 is 12.1 Å². The number of halogens is 1. The lowest BCUT2D eigenvalue weighted by atomic mass is 9.98. The van der Waals surface area contributed by atoms with Crippen LogP contribution in [-0.2, 0) is 0 Å². The highest BCUT2D eigenvalue weighted by Crippen LogP contribution is 2.23. The summed E-state index contributed by atoms with van der Waals surface area (Å²) in [6.07, 6.45) is 0. The summed E-state index contributed by atoms with van der Waals surface area (Å²) in [4.78, 5) is 23.8. The molecule has 3 amide bonds. The van der Waals surface area contributed by atoms with Gasteiger partial charge in [-0.2, -0.15) is 0 Å². The van der Waals surface area contributed by atoms with E-state index in [1.165, 1.54) is 18.2 Å². The summed E-state index contributed by atoms with van der Waals surface area (Å²) in [5, 5.41) is 5.40. The van der Waals surface area contributed by atoms with E-state index >= 15 is 0 Å². The molecule has 0 fully saturated rings. The number of anilines is 1. The van der Waals surface area contributed by atoms with E-state index in [1.807, 2.05) is 30.3 Å². The summed E-state index contributed by atoms with van der Waals surface area (Å²) < 4.78 is 13.3. The average molecular weight is 363 g/mol. The highest BCUT2D eigenvalue weighted by molar-refractivity contribution is 5.97. The summed E-state index contributed by atoms with van der Waals surface area (Å²) in [5.74, 6) is -0.677. The van der Waals surface area contributed by atoms with Crippen molar-refractivity contribution in [3.63, 3.8) is 0 Å². The zero-order valence-electron chi connectivity index (χ0n) is 14.4. The maximum absolute atomic E-state index is 13.3. The highest BCUT2D eigenvalue weighted by atomic mass is 19.1. The molecule has 0 saturated carbocycles. The van der Waals surface area contributed by atoms with Crippen molar-refractivity contribution in [1.82, 2.24) is 5.32 Å². The van der Waals surface area contributed by atoms with Crippen LogP contribution >= 0.6 is 0 Å². The van der Waals surface area contributed by atoms with Crippen molar-refractivity contribution in [3.05, 3.63) is 101 Å². The number of nitrogens with one attached hydrogen (secondary N) is 2. The number of hydrogen-bond acceptors (Lipinski definition) is 2. The number of carbonyl (C=O) groups is 2. The normalized spacial score (nSPS) is 11.4. The zero-order valence-corrected chi connectivity index (χ0v) is 14.4. The molecule has 3 aromatic rings. The van der Waals surface area contributed by atoms with Crippen molar-refractivity contribution in [3.8, 4) is 0 Å². The monoisotopic (exact) mass is 363 g/mol. The van der Waals surface area contributed by atoms with Crippen LogP contribution in [0.25, 0.3) is 0 Å². The van der Waals surface area contributed by atoms with Gasteiger partial charge in [0.15, 0.2) is 0 Å². The second-order valence-corrected chi connectivity index (χ2v) is 5.94. The Bertz CT molecular complexity index is 943. The van der Waals surface area contributed by atoms with Crippen LogP contribution in [0.15, 0.2) is 78.9 Å². The first-order valence-electron chi connectivity index (χ1n) is 8.31. The van der Waals surface area contributed by atoms with E-state index in [-0.39, 0.29) is 11.7 Å². The van der Waals surface area contributed by atoms with E-state index in [0.29, 0.717) is 11.3 Å². The van der Waals surface area contributed by atoms with Crippen LogP contribution in [0.1, 0.15) is 27.5 Å². The van der Waals surface area contributed by atoms with Crippen LogP contribution in [0.5, 0.6) is 0 Å². The summed E-state index contributed by atoms with van der Waals surface area (Å²) >= 11 is 0. The van der Waals surface area contributed by atoms with Crippen LogP contribution in [-0.4, -0.2) is 11.9 Å². The van der Waals surface area contributed by atoms with Crippen LogP contribution in [0, 0.1) is 5.82 Å². The number of nitrogens with two attached hydrogens (primary N) is 1. The Hall–Kier alpha value is -3.67. The third kappa shape index (κ3) is 4.70. The topological polar surface area (TPSA) is 84.2 Å². The average Bonchev–Trinajstić information content (AvgIpc) is 2.67. The second kappa shape index (κ2) is 8.14. The molecule has 3 aromatic carbocycles. The maximum atomic E-state index is 13.3. The van der Waals surface area contributed by atoms with Gasteiger partial charge in [0, 0.05) is 11.3 Å². The van der Waals surface area contributed by atoms with Crippen molar-refractivity contribution in [2.45, 2.75) is 6.04 Å².